The van der Waals surface area contributed by atoms with Gasteiger partial charge in [-0.05, 0) is 38.1 Å². The van der Waals surface area contributed by atoms with Crippen LogP contribution in [0.2, 0.25) is 0 Å². The predicted octanol–water partition coefficient (Wildman–Crippen LogP) is 4.63. The summed E-state index contributed by atoms with van der Waals surface area (Å²) in [6.45, 7) is 7.17. The third-order valence-electron chi connectivity index (χ3n) is 2.92. The van der Waals surface area contributed by atoms with E-state index in [1.165, 1.54) is 12.1 Å². The summed E-state index contributed by atoms with van der Waals surface area (Å²) >= 11 is 0. The van der Waals surface area contributed by atoms with Crippen molar-refractivity contribution in [1.82, 2.24) is 0 Å². The molecule has 0 unspecified atom stereocenters. The van der Waals surface area contributed by atoms with E-state index in [4.69, 9.17) is 0 Å². The Morgan fingerprint density at radius 1 is 1.14 bits per heavy atom. The minimum atomic E-state index is -0.336. The number of phenolic OH excluding ortho intramolecular Hbond substituents is 1. The van der Waals surface area contributed by atoms with Gasteiger partial charge in [0.05, 0.1) is 11.4 Å². The van der Waals surface area contributed by atoms with Crippen molar-refractivity contribution in [2.45, 2.75) is 13.8 Å². The van der Waals surface area contributed by atoms with Crippen LogP contribution in [-0.4, -0.2) is 11.0 Å². The number of carbonyl (C=O) groups excluding carboxylic acids is 1. The molecular formula is C17H17N3O2. The molecule has 2 aromatic carbocycles. The number of aryl methyl sites for hydroxylation is 1. The molecule has 5 heteroatoms. The average Bonchev–Trinajstić information content (AvgIpc) is 2.48. The van der Waals surface area contributed by atoms with Gasteiger partial charge in [-0.15, -0.1) is 5.11 Å². The van der Waals surface area contributed by atoms with Crippen molar-refractivity contribution in [1.29, 1.82) is 0 Å². The maximum absolute atomic E-state index is 11.7. The topological polar surface area (TPSA) is 74.0 Å². The van der Waals surface area contributed by atoms with E-state index in [0.717, 1.165) is 5.56 Å². The Hall–Kier alpha value is -2.95. The van der Waals surface area contributed by atoms with Gasteiger partial charge in [-0.1, -0.05) is 24.3 Å². The lowest BCUT2D eigenvalue weighted by Crippen LogP contribution is -2.11. The minimum absolute atomic E-state index is 0.0336. The molecule has 0 spiro atoms. The summed E-state index contributed by atoms with van der Waals surface area (Å²) in [4.78, 5) is 11.7. The molecule has 0 saturated heterocycles. The molecule has 0 aliphatic carbocycles. The molecule has 0 heterocycles. The molecule has 0 atom stereocenters. The Morgan fingerprint density at radius 3 is 2.45 bits per heavy atom. The normalized spacial score (nSPS) is 10.6. The quantitative estimate of drug-likeness (QED) is 0.637. The van der Waals surface area contributed by atoms with Crippen molar-refractivity contribution < 1.29 is 9.90 Å². The van der Waals surface area contributed by atoms with Gasteiger partial charge in [0.15, 0.2) is 0 Å². The lowest BCUT2D eigenvalue weighted by Gasteiger charge is -2.07. The van der Waals surface area contributed by atoms with E-state index in [9.17, 15) is 9.90 Å². The number of hydrogen-bond donors (Lipinski definition) is 2. The van der Waals surface area contributed by atoms with Gasteiger partial charge < -0.3 is 10.4 Å². The van der Waals surface area contributed by atoms with Crippen LogP contribution in [0, 0.1) is 6.92 Å². The summed E-state index contributed by atoms with van der Waals surface area (Å²) in [6, 6.07) is 12.1. The van der Waals surface area contributed by atoms with Gasteiger partial charge in [-0.25, -0.2) is 0 Å². The summed E-state index contributed by atoms with van der Waals surface area (Å²) in [5.41, 5.74) is 3.04. The molecule has 0 aromatic heterocycles. The zero-order valence-electron chi connectivity index (χ0n) is 12.5. The first-order valence-corrected chi connectivity index (χ1v) is 6.74. The van der Waals surface area contributed by atoms with E-state index in [0.29, 0.717) is 22.6 Å². The van der Waals surface area contributed by atoms with Crippen molar-refractivity contribution in [2.75, 3.05) is 5.32 Å². The Balaban J connectivity index is 2.28. The highest BCUT2D eigenvalue weighted by atomic mass is 16.3. The van der Waals surface area contributed by atoms with Gasteiger partial charge in [0.25, 0.3) is 5.91 Å². The smallest absolute Gasteiger partial charge is 0.250 e. The van der Waals surface area contributed by atoms with Gasteiger partial charge in [0.1, 0.15) is 11.4 Å². The van der Waals surface area contributed by atoms with E-state index in [2.05, 4.69) is 22.1 Å². The lowest BCUT2D eigenvalue weighted by atomic mass is 10.2. The molecule has 0 bridgehead atoms. The first-order valence-electron chi connectivity index (χ1n) is 6.74. The van der Waals surface area contributed by atoms with Crippen LogP contribution in [0.25, 0.3) is 0 Å². The largest absolute Gasteiger partial charge is 0.508 e. The lowest BCUT2D eigenvalue weighted by molar-refractivity contribution is -0.112. The number of azo groups is 1. The average molecular weight is 295 g/mol. The highest BCUT2D eigenvalue weighted by molar-refractivity contribution is 6.04. The van der Waals surface area contributed by atoms with Crippen LogP contribution >= 0.6 is 0 Å². The molecule has 0 saturated carbocycles. The third-order valence-corrected chi connectivity index (χ3v) is 2.92. The van der Waals surface area contributed by atoms with Crippen LogP contribution in [0.15, 0.2) is 64.8 Å². The summed E-state index contributed by atoms with van der Waals surface area (Å²) < 4.78 is 0. The number of anilines is 1. The molecular weight excluding hydrogens is 278 g/mol. The molecule has 2 rings (SSSR count). The SMILES string of the molecule is C=C(C)C(=O)Nc1cc(O)ccc1N=Nc1ccc(C)cc1. The van der Waals surface area contributed by atoms with Gasteiger partial charge in [0, 0.05) is 11.6 Å². The van der Waals surface area contributed by atoms with Crippen molar-refractivity contribution in [3.8, 4) is 5.75 Å². The summed E-state index contributed by atoms with van der Waals surface area (Å²) in [6.07, 6.45) is 0. The molecule has 0 radical (unpaired) electrons. The van der Waals surface area contributed by atoms with Crippen molar-refractivity contribution in [3.05, 3.63) is 60.2 Å². The molecule has 22 heavy (non-hydrogen) atoms. The standard InChI is InChI=1S/C17H17N3O2/c1-11(2)17(22)18-16-10-14(21)8-9-15(16)20-19-13-6-4-12(3)5-7-13/h4-10,21H,1H2,2-3H3,(H,18,22). The number of benzene rings is 2. The van der Waals surface area contributed by atoms with E-state index >= 15 is 0 Å². The van der Waals surface area contributed by atoms with Gasteiger partial charge >= 0.3 is 0 Å². The van der Waals surface area contributed by atoms with Crippen LogP contribution < -0.4 is 5.32 Å². The van der Waals surface area contributed by atoms with E-state index in [-0.39, 0.29) is 11.7 Å². The van der Waals surface area contributed by atoms with Crippen LogP contribution in [0.1, 0.15) is 12.5 Å². The fourth-order valence-electron chi connectivity index (χ4n) is 1.66. The Kier molecular flexibility index (Phi) is 4.68. The van der Waals surface area contributed by atoms with Gasteiger partial charge in [-0.2, -0.15) is 5.11 Å². The second-order valence-corrected chi connectivity index (χ2v) is 4.97. The van der Waals surface area contributed by atoms with E-state index in [1.54, 1.807) is 13.0 Å². The highest BCUT2D eigenvalue weighted by Crippen LogP contribution is 2.30. The maximum atomic E-state index is 11.7. The molecule has 112 valence electrons. The van der Waals surface area contributed by atoms with Crippen LogP contribution in [-0.2, 0) is 4.79 Å². The Labute approximate surface area is 129 Å². The molecule has 0 aliphatic rings. The Morgan fingerprint density at radius 2 is 1.82 bits per heavy atom. The van der Waals surface area contributed by atoms with Crippen molar-refractivity contribution >= 4 is 23.0 Å². The first-order chi connectivity index (χ1) is 10.5. The van der Waals surface area contributed by atoms with Gasteiger partial charge in [-0.3, -0.25) is 4.79 Å². The summed E-state index contributed by atoms with van der Waals surface area (Å²) in [7, 11) is 0. The van der Waals surface area contributed by atoms with Crippen molar-refractivity contribution in [3.63, 3.8) is 0 Å². The molecule has 2 N–H and O–H groups in total. The number of nitrogens with one attached hydrogen (secondary N) is 1. The monoisotopic (exact) mass is 295 g/mol. The number of aromatic hydroxyl groups is 1. The fraction of sp³-hybridized carbons (Fsp3) is 0.118. The zero-order valence-corrected chi connectivity index (χ0v) is 12.5. The van der Waals surface area contributed by atoms with Crippen LogP contribution in [0.3, 0.4) is 0 Å². The van der Waals surface area contributed by atoms with Crippen LogP contribution in [0.5, 0.6) is 5.75 Å². The fourth-order valence-corrected chi connectivity index (χ4v) is 1.66. The molecule has 5 nitrogen and oxygen atoms in total. The van der Waals surface area contributed by atoms with E-state index in [1.807, 2.05) is 31.2 Å². The predicted molar refractivity (Wildman–Crippen MR) is 86.9 cm³/mol. The third kappa shape index (κ3) is 4.02. The Bertz CT molecular complexity index is 734. The number of carbonyl (C=O) groups is 1. The zero-order chi connectivity index (χ0) is 16.1. The number of rotatable bonds is 4. The minimum Gasteiger partial charge on any atom is -0.508 e. The molecule has 0 fully saturated rings. The summed E-state index contributed by atoms with van der Waals surface area (Å²) in [5.74, 6) is -0.302. The number of phenols is 1. The van der Waals surface area contributed by atoms with Crippen LogP contribution in [0.4, 0.5) is 17.1 Å². The van der Waals surface area contributed by atoms with E-state index < -0.39 is 0 Å². The number of amides is 1. The second kappa shape index (κ2) is 6.67. The maximum Gasteiger partial charge on any atom is 0.250 e. The number of nitrogens with zero attached hydrogens (tertiary/aromatic N) is 2. The molecule has 1 amide bonds. The number of hydrogen-bond acceptors (Lipinski definition) is 4. The molecule has 0 aliphatic heterocycles. The first kappa shape index (κ1) is 15.4. The van der Waals surface area contributed by atoms with Gasteiger partial charge in [0.2, 0.25) is 0 Å². The summed E-state index contributed by atoms with van der Waals surface area (Å²) in [5, 5.41) is 20.5. The highest BCUT2D eigenvalue weighted by Gasteiger charge is 2.08. The second-order valence-electron chi connectivity index (χ2n) is 4.97. The van der Waals surface area contributed by atoms with Crippen molar-refractivity contribution in [2.24, 2.45) is 10.2 Å². The molecule has 2 aromatic rings.